The van der Waals surface area contributed by atoms with Crippen LogP contribution in [0.5, 0.6) is 0 Å². The van der Waals surface area contributed by atoms with E-state index in [1.165, 1.54) is 0 Å². The highest BCUT2D eigenvalue weighted by molar-refractivity contribution is 5.88. The summed E-state index contributed by atoms with van der Waals surface area (Å²) in [4.78, 5) is 39.0. The lowest BCUT2D eigenvalue weighted by molar-refractivity contribution is 0.0522. The lowest BCUT2D eigenvalue weighted by Gasteiger charge is -2.14. The largest absolute Gasteiger partial charge is 0.462 e. The van der Waals surface area contributed by atoms with Crippen molar-refractivity contribution < 1.29 is 9.53 Å². The summed E-state index contributed by atoms with van der Waals surface area (Å²) in [6, 6.07) is 7.37. The third-order valence-corrected chi connectivity index (χ3v) is 3.92. The number of carbonyl (C=O) groups excluding carboxylic acids is 1. The van der Waals surface area contributed by atoms with E-state index in [1.54, 1.807) is 6.92 Å². The number of esters is 1. The van der Waals surface area contributed by atoms with Crippen molar-refractivity contribution in [3.05, 3.63) is 68.0 Å². The second-order valence-electron chi connectivity index (χ2n) is 5.16. The van der Waals surface area contributed by atoms with Gasteiger partial charge in [-0.05, 0) is 30.9 Å². The molecule has 2 aromatic rings. The summed E-state index contributed by atoms with van der Waals surface area (Å²) in [6.45, 7) is 1.83. The van der Waals surface area contributed by atoms with Crippen molar-refractivity contribution in [2.75, 3.05) is 6.61 Å². The molecule has 1 heterocycles. The van der Waals surface area contributed by atoms with Crippen LogP contribution in [-0.2, 0) is 11.2 Å². The third-order valence-electron chi connectivity index (χ3n) is 3.92. The zero-order chi connectivity index (χ0) is 15.7. The van der Waals surface area contributed by atoms with Gasteiger partial charge in [0.05, 0.1) is 12.6 Å². The fourth-order valence-electron chi connectivity index (χ4n) is 2.93. The minimum Gasteiger partial charge on any atom is -0.462 e. The first-order valence-corrected chi connectivity index (χ1v) is 7.22. The Kier molecular flexibility index (Phi) is 3.66. The number of hydrogen-bond donors (Lipinski definition) is 1. The molecule has 114 valence electrons. The zero-order valence-corrected chi connectivity index (χ0v) is 12.2. The van der Waals surface area contributed by atoms with Gasteiger partial charge in [-0.25, -0.2) is 9.59 Å². The van der Waals surface area contributed by atoms with Crippen molar-refractivity contribution in [2.24, 2.45) is 0 Å². The monoisotopic (exact) mass is 300 g/mol. The van der Waals surface area contributed by atoms with Gasteiger partial charge in [0.2, 0.25) is 0 Å². The van der Waals surface area contributed by atoms with E-state index >= 15 is 0 Å². The molecule has 6 heteroatoms. The smallest absolute Gasteiger partial charge is 0.345 e. The van der Waals surface area contributed by atoms with Crippen LogP contribution in [0.3, 0.4) is 0 Å². The minimum atomic E-state index is -0.719. The number of aryl methyl sites for hydroxylation is 1. The second kappa shape index (κ2) is 5.63. The molecule has 1 aliphatic carbocycles. The molecule has 0 bridgehead atoms. The Morgan fingerprint density at radius 3 is 2.91 bits per heavy atom. The summed E-state index contributed by atoms with van der Waals surface area (Å²) in [5, 5.41) is 0. The summed E-state index contributed by atoms with van der Waals surface area (Å²) in [6.07, 6.45) is 2.59. The first kappa shape index (κ1) is 14.3. The number of aromatic amines is 1. The number of fused-ring (bicyclic) bond motifs is 1. The molecule has 1 N–H and O–H groups in total. The summed E-state index contributed by atoms with van der Waals surface area (Å²) < 4.78 is 5.98. The van der Waals surface area contributed by atoms with Crippen LogP contribution < -0.4 is 11.2 Å². The van der Waals surface area contributed by atoms with Gasteiger partial charge < -0.3 is 9.72 Å². The molecule has 0 amide bonds. The van der Waals surface area contributed by atoms with E-state index in [0.29, 0.717) is 6.42 Å². The van der Waals surface area contributed by atoms with Gasteiger partial charge in [0.1, 0.15) is 5.56 Å². The first-order valence-electron chi connectivity index (χ1n) is 7.22. The highest BCUT2D eigenvalue weighted by Crippen LogP contribution is 2.32. The van der Waals surface area contributed by atoms with Crippen LogP contribution in [0.25, 0.3) is 0 Å². The molecule has 6 nitrogen and oxygen atoms in total. The Labute approximate surface area is 126 Å². The molecule has 1 aliphatic rings. The van der Waals surface area contributed by atoms with E-state index < -0.39 is 17.2 Å². The van der Waals surface area contributed by atoms with E-state index in [0.717, 1.165) is 28.3 Å². The van der Waals surface area contributed by atoms with Crippen LogP contribution in [-0.4, -0.2) is 22.1 Å². The van der Waals surface area contributed by atoms with Gasteiger partial charge in [-0.15, -0.1) is 0 Å². The number of carbonyl (C=O) groups is 1. The SMILES string of the molecule is CCOC(=O)c1c[nH]c(=O)n(C2CCc3ccccc32)c1=O. The van der Waals surface area contributed by atoms with Crippen molar-refractivity contribution in [2.45, 2.75) is 25.8 Å². The lowest BCUT2D eigenvalue weighted by atomic mass is 10.1. The minimum absolute atomic E-state index is 0.147. The molecule has 1 unspecified atom stereocenters. The number of nitrogens with one attached hydrogen (secondary N) is 1. The number of nitrogens with zero attached hydrogens (tertiary/aromatic N) is 1. The molecule has 1 aromatic carbocycles. The van der Waals surface area contributed by atoms with Crippen molar-refractivity contribution in [1.29, 1.82) is 0 Å². The van der Waals surface area contributed by atoms with Crippen molar-refractivity contribution in [3.8, 4) is 0 Å². The number of benzene rings is 1. The average Bonchev–Trinajstić information content (AvgIpc) is 2.92. The maximum Gasteiger partial charge on any atom is 0.345 e. The van der Waals surface area contributed by atoms with Crippen LogP contribution in [0.2, 0.25) is 0 Å². The van der Waals surface area contributed by atoms with Crippen molar-refractivity contribution in [3.63, 3.8) is 0 Å². The van der Waals surface area contributed by atoms with Crippen LogP contribution >= 0.6 is 0 Å². The summed E-state index contributed by atoms with van der Waals surface area (Å²) >= 11 is 0. The third kappa shape index (κ3) is 2.26. The maximum atomic E-state index is 12.5. The predicted molar refractivity (Wildman–Crippen MR) is 80.2 cm³/mol. The van der Waals surface area contributed by atoms with Gasteiger partial charge >= 0.3 is 11.7 Å². The number of hydrogen-bond acceptors (Lipinski definition) is 4. The van der Waals surface area contributed by atoms with Crippen molar-refractivity contribution >= 4 is 5.97 Å². The molecule has 0 spiro atoms. The van der Waals surface area contributed by atoms with Crippen LogP contribution in [0.15, 0.2) is 40.1 Å². The Bertz CT molecular complexity index is 835. The summed E-state index contributed by atoms with van der Waals surface area (Å²) in [7, 11) is 0. The summed E-state index contributed by atoms with van der Waals surface area (Å²) in [5.74, 6) is -0.719. The lowest BCUT2D eigenvalue weighted by Crippen LogP contribution is -2.40. The van der Waals surface area contributed by atoms with E-state index in [4.69, 9.17) is 4.74 Å². The standard InChI is InChI=1S/C16H16N2O4/c1-2-22-15(20)12-9-17-16(21)18(14(12)19)13-8-7-10-5-3-4-6-11(10)13/h3-6,9,13H,2,7-8H2,1H3,(H,17,21). The molecule has 0 radical (unpaired) electrons. The van der Waals surface area contributed by atoms with E-state index in [2.05, 4.69) is 4.98 Å². The molecular formula is C16H16N2O4. The zero-order valence-electron chi connectivity index (χ0n) is 12.2. The number of ether oxygens (including phenoxy) is 1. The van der Waals surface area contributed by atoms with Gasteiger partial charge in [0, 0.05) is 6.20 Å². The quantitative estimate of drug-likeness (QED) is 0.865. The first-order chi connectivity index (χ1) is 10.6. The second-order valence-corrected chi connectivity index (χ2v) is 5.16. The number of H-pyrrole nitrogens is 1. The molecule has 1 atom stereocenters. The van der Waals surface area contributed by atoms with Crippen LogP contribution in [0.1, 0.15) is 40.9 Å². The van der Waals surface area contributed by atoms with Crippen LogP contribution in [0, 0.1) is 0 Å². The topological polar surface area (TPSA) is 81.2 Å². The molecule has 0 saturated heterocycles. The molecular weight excluding hydrogens is 284 g/mol. The normalized spacial score (nSPS) is 16.3. The molecule has 1 aromatic heterocycles. The molecule has 22 heavy (non-hydrogen) atoms. The van der Waals surface area contributed by atoms with E-state index in [-0.39, 0.29) is 18.2 Å². The Morgan fingerprint density at radius 1 is 1.36 bits per heavy atom. The highest BCUT2D eigenvalue weighted by Gasteiger charge is 2.27. The van der Waals surface area contributed by atoms with Gasteiger partial charge in [0.25, 0.3) is 5.56 Å². The molecule has 3 rings (SSSR count). The van der Waals surface area contributed by atoms with E-state index in [9.17, 15) is 14.4 Å². The molecule has 0 fully saturated rings. The fourth-order valence-corrected chi connectivity index (χ4v) is 2.93. The maximum absolute atomic E-state index is 12.5. The van der Waals surface area contributed by atoms with E-state index in [1.807, 2.05) is 24.3 Å². The Morgan fingerprint density at radius 2 is 2.14 bits per heavy atom. The van der Waals surface area contributed by atoms with Crippen LogP contribution in [0.4, 0.5) is 0 Å². The fraction of sp³-hybridized carbons (Fsp3) is 0.312. The van der Waals surface area contributed by atoms with Crippen molar-refractivity contribution in [1.82, 2.24) is 9.55 Å². The summed E-state index contributed by atoms with van der Waals surface area (Å²) in [5.41, 5.74) is 0.811. The molecule has 0 saturated carbocycles. The van der Waals surface area contributed by atoms with Gasteiger partial charge in [-0.1, -0.05) is 24.3 Å². The Hall–Kier alpha value is -2.63. The number of aromatic nitrogens is 2. The van der Waals surface area contributed by atoms with Gasteiger partial charge in [-0.2, -0.15) is 0 Å². The molecule has 0 aliphatic heterocycles. The van der Waals surface area contributed by atoms with Gasteiger partial charge in [-0.3, -0.25) is 9.36 Å². The number of rotatable bonds is 3. The average molecular weight is 300 g/mol. The Balaban J connectivity index is 2.13. The highest BCUT2D eigenvalue weighted by atomic mass is 16.5. The predicted octanol–water partition coefficient (Wildman–Crippen LogP) is 1.25. The van der Waals surface area contributed by atoms with Gasteiger partial charge in [0.15, 0.2) is 0 Å².